The van der Waals surface area contributed by atoms with Crippen molar-refractivity contribution in [3.05, 3.63) is 118 Å². The Morgan fingerprint density at radius 1 is 0.867 bits per heavy atom. The van der Waals surface area contributed by atoms with Gasteiger partial charge in [-0.05, 0) is 59.7 Å². The van der Waals surface area contributed by atoms with Gasteiger partial charge in [0.15, 0.2) is 0 Å². The summed E-state index contributed by atoms with van der Waals surface area (Å²) in [5.41, 5.74) is 5.24. The van der Waals surface area contributed by atoms with Gasteiger partial charge in [-0.3, -0.25) is 14.7 Å². The van der Waals surface area contributed by atoms with Crippen molar-refractivity contribution in [2.45, 2.75) is 0 Å². The van der Waals surface area contributed by atoms with E-state index < -0.39 is 0 Å². The first-order chi connectivity index (χ1) is 14.7. The Morgan fingerprint density at radius 2 is 1.67 bits per heavy atom. The van der Waals surface area contributed by atoms with Gasteiger partial charge in [-0.1, -0.05) is 64.5 Å². The van der Waals surface area contributed by atoms with Crippen LogP contribution in [0.15, 0.2) is 107 Å². The number of nitrogens with zero attached hydrogens (tertiary/aromatic N) is 2. The summed E-state index contributed by atoms with van der Waals surface area (Å²) in [5.74, 6) is -0.0417. The van der Waals surface area contributed by atoms with E-state index in [0.29, 0.717) is 5.57 Å². The minimum absolute atomic E-state index is 0.0417. The summed E-state index contributed by atoms with van der Waals surface area (Å²) < 4.78 is 1.01. The van der Waals surface area contributed by atoms with Crippen molar-refractivity contribution in [2.24, 2.45) is 0 Å². The highest BCUT2D eigenvalue weighted by atomic mass is 79.9. The third-order valence-electron chi connectivity index (χ3n) is 5.09. The fraction of sp³-hybridized carbons (Fsp3) is 0. The van der Waals surface area contributed by atoms with Crippen LogP contribution in [0.3, 0.4) is 0 Å². The maximum absolute atomic E-state index is 13.5. The number of carbonyl (C=O) groups is 1. The topological polar surface area (TPSA) is 33.2 Å². The summed E-state index contributed by atoms with van der Waals surface area (Å²) in [6, 6.07) is 27.8. The van der Waals surface area contributed by atoms with Crippen molar-refractivity contribution in [2.75, 3.05) is 4.90 Å². The predicted octanol–water partition coefficient (Wildman–Crippen LogP) is 6.47. The third-order valence-corrected chi connectivity index (χ3v) is 5.62. The molecule has 0 N–H and O–H groups in total. The maximum Gasteiger partial charge on any atom is 0.262 e. The van der Waals surface area contributed by atoms with E-state index in [-0.39, 0.29) is 5.91 Å². The highest BCUT2D eigenvalue weighted by Crippen LogP contribution is 2.36. The Morgan fingerprint density at radius 3 is 2.47 bits per heavy atom. The van der Waals surface area contributed by atoms with E-state index in [1.54, 1.807) is 11.1 Å². The van der Waals surface area contributed by atoms with Crippen molar-refractivity contribution in [3.8, 4) is 0 Å². The van der Waals surface area contributed by atoms with Crippen molar-refractivity contribution >= 4 is 50.2 Å². The molecule has 5 rings (SSSR count). The van der Waals surface area contributed by atoms with Crippen LogP contribution in [-0.2, 0) is 4.79 Å². The Kier molecular flexibility index (Phi) is 4.77. The SMILES string of the molecule is O=C1/C(=C/c2ccc(Br)cc2)C=C(c2ccccc2)N1c1ccc2ncccc2c1. The van der Waals surface area contributed by atoms with Crippen LogP contribution in [0, 0.1) is 0 Å². The molecule has 0 bridgehead atoms. The number of rotatable bonds is 3. The molecule has 0 aliphatic carbocycles. The van der Waals surface area contributed by atoms with Crippen LogP contribution in [0.4, 0.5) is 5.69 Å². The Balaban J connectivity index is 1.63. The minimum Gasteiger partial charge on any atom is -0.276 e. The molecule has 0 atom stereocenters. The molecule has 0 saturated heterocycles. The molecule has 0 unspecified atom stereocenters. The lowest BCUT2D eigenvalue weighted by atomic mass is 10.1. The van der Waals surface area contributed by atoms with E-state index in [4.69, 9.17) is 0 Å². The van der Waals surface area contributed by atoms with Gasteiger partial charge in [-0.15, -0.1) is 0 Å². The minimum atomic E-state index is -0.0417. The first-order valence-electron chi connectivity index (χ1n) is 9.63. The lowest BCUT2D eigenvalue weighted by molar-refractivity contribution is -0.113. The van der Waals surface area contributed by atoms with E-state index in [9.17, 15) is 4.79 Å². The van der Waals surface area contributed by atoms with Gasteiger partial charge in [-0.25, -0.2) is 0 Å². The lowest BCUT2D eigenvalue weighted by Gasteiger charge is -2.21. The Bertz CT molecular complexity index is 1310. The summed E-state index contributed by atoms with van der Waals surface area (Å²) in [6.45, 7) is 0. The molecule has 0 radical (unpaired) electrons. The fourth-order valence-electron chi connectivity index (χ4n) is 3.63. The highest BCUT2D eigenvalue weighted by Gasteiger charge is 2.30. The molecule has 4 aromatic rings. The van der Waals surface area contributed by atoms with Gasteiger partial charge in [-0.2, -0.15) is 0 Å². The maximum atomic E-state index is 13.5. The molecule has 0 saturated carbocycles. The summed E-state index contributed by atoms with van der Waals surface area (Å²) >= 11 is 3.46. The van der Waals surface area contributed by atoms with Crippen LogP contribution >= 0.6 is 15.9 Å². The number of halogens is 1. The van der Waals surface area contributed by atoms with Crippen LogP contribution in [0.1, 0.15) is 11.1 Å². The molecular weight excluding hydrogens is 436 g/mol. The average Bonchev–Trinajstić information content (AvgIpc) is 3.11. The molecule has 0 spiro atoms. The number of aromatic nitrogens is 1. The fourth-order valence-corrected chi connectivity index (χ4v) is 3.90. The van der Waals surface area contributed by atoms with Gasteiger partial charge < -0.3 is 0 Å². The molecule has 4 heteroatoms. The summed E-state index contributed by atoms with van der Waals surface area (Å²) in [6.07, 6.45) is 5.67. The van der Waals surface area contributed by atoms with Gasteiger partial charge in [0.05, 0.1) is 11.2 Å². The average molecular weight is 453 g/mol. The van der Waals surface area contributed by atoms with E-state index in [0.717, 1.165) is 37.9 Å². The van der Waals surface area contributed by atoms with E-state index in [2.05, 4.69) is 20.9 Å². The summed E-state index contributed by atoms with van der Waals surface area (Å²) in [5, 5.41) is 1.00. The molecule has 3 nitrogen and oxygen atoms in total. The standard InChI is InChI=1S/C26H17BrN2O/c27-22-10-8-18(9-11-22)15-21-17-25(19-5-2-1-3-6-19)29(26(21)30)23-12-13-24-20(16-23)7-4-14-28-24/h1-17H/b21-15+. The van der Waals surface area contributed by atoms with Crippen LogP contribution in [0.5, 0.6) is 0 Å². The molecule has 1 amide bonds. The van der Waals surface area contributed by atoms with Crippen molar-refractivity contribution in [1.29, 1.82) is 0 Å². The van der Waals surface area contributed by atoms with Gasteiger partial charge in [0.25, 0.3) is 5.91 Å². The van der Waals surface area contributed by atoms with Crippen LogP contribution in [-0.4, -0.2) is 10.9 Å². The first kappa shape index (κ1) is 18.5. The molecule has 30 heavy (non-hydrogen) atoms. The largest absolute Gasteiger partial charge is 0.276 e. The van der Waals surface area contributed by atoms with Gasteiger partial charge in [0.2, 0.25) is 0 Å². The number of carbonyl (C=O) groups excluding carboxylic acids is 1. The predicted molar refractivity (Wildman–Crippen MR) is 126 cm³/mol. The lowest BCUT2D eigenvalue weighted by Crippen LogP contribution is -2.24. The van der Waals surface area contributed by atoms with Gasteiger partial charge in [0.1, 0.15) is 0 Å². The third kappa shape index (κ3) is 3.46. The smallest absolute Gasteiger partial charge is 0.262 e. The number of hydrogen-bond donors (Lipinski definition) is 0. The Labute approximate surface area is 183 Å². The normalized spacial score (nSPS) is 15.1. The van der Waals surface area contributed by atoms with Crippen LogP contribution in [0.25, 0.3) is 22.7 Å². The molecule has 144 valence electrons. The number of fused-ring (bicyclic) bond motifs is 1. The second-order valence-corrected chi connectivity index (χ2v) is 7.98. The second kappa shape index (κ2) is 7.73. The number of anilines is 1. The number of pyridine rings is 1. The molecular formula is C26H17BrN2O. The Hall–Kier alpha value is -3.50. The zero-order valence-electron chi connectivity index (χ0n) is 16.0. The van der Waals surface area contributed by atoms with E-state index >= 15 is 0 Å². The zero-order chi connectivity index (χ0) is 20.5. The first-order valence-corrected chi connectivity index (χ1v) is 10.4. The molecule has 1 aliphatic rings. The highest BCUT2D eigenvalue weighted by molar-refractivity contribution is 9.10. The van der Waals surface area contributed by atoms with Gasteiger partial charge in [0, 0.05) is 27.3 Å². The molecule has 1 aromatic heterocycles. The van der Waals surface area contributed by atoms with Gasteiger partial charge >= 0.3 is 0 Å². The molecule has 1 aliphatic heterocycles. The summed E-state index contributed by atoms with van der Waals surface area (Å²) in [7, 11) is 0. The van der Waals surface area contributed by atoms with E-state index in [1.807, 2.05) is 97.1 Å². The summed E-state index contributed by atoms with van der Waals surface area (Å²) in [4.78, 5) is 19.7. The van der Waals surface area contributed by atoms with E-state index in [1.165, 1.54) is 0 Å². The molecule has 3 aromatic carbocycles. The number of benzene rings is 3. The number of hydrogen-bond acceptors (Lipinski definition) is 2. The second-order valence-electron chi connectivity index (χ2n) is 7.07. The monoisotopic (exact) mass is 452 g/mol. The molecule has 0 fully saturated rings. The molecule has 2 heterocycles. The number of amides is 1. The quantitative estimate of drug-likeness (QED) is 0.333. The van der Waals surface area contributed by atoms with Crippen molar-refractivity contribution in [1.82, 2.24) is 4.98 Å². The van der Waals surface area contributed by atoms with Crippen molar-refractivity contribution < 1.29 is 4.79 Å². The van der Waals surface area contributed by atoms with Crippen LogP contribution < -0.4 is 4.90 Å². The zero-order valence-corrected chi connectivity index (χ0v) is 17.6. The van der Waals surface area contributed by atoms with Crippen molar-refractivity contribution in [3.63, 3.8) is 0 Å². The van der Waals surface area contributed by atoms with Crippen LogP contribution in [0.2, 0.25) is 0 Å².